The second-order valence-electron chi connectivity index (χ2n) is 7.57. The van der Waals surface area contributed by atoms with E-state index in [4.69, 9.17) is 9.47 Å². The Morgan fingerprint density at radius 3 is 2.63 bits per heavy atom. The first-order chi connectivity index (χ1) is 12.8. The summed E-state index contributed by atoms with van der Waals surface area (Å²) in [6.07, 6.45) is 1.49. The van der Waals surface area contributed by atoms with Crippen LogP contribution in [0.15, 0.2) is 24.3 Å². The lowest BCUT2D eigenvalue weighted by Gasteiger charge is -2.39. The van der Waals surface area contributed by atoms with Gasteiger partial charge < -0.3 is 14.0 Å². The topological polar surface area (TPSA) is 81.9 Å². The normalized spacial score (nSPS) is 16.7. The summed E-state index contributed by atoms with van der Waals surface area (Å²) in [5.74, 6) is -0.300. The van der Waals surface area contributed by atoms with Gasteiger partial charge in [0.15, 0.2) is 0 Å². The predicted molar refractivity (Wildman–Crippen MR) is 106 cm³/mol. The molecule has 8 heteroatoms. The third kappa shape index (κ3) is 6.41. The Bertz CT molecular complexity index is 647. The second-order valence-corrected chi connectivity index (χ2v) is 12.3. The van der Waals surface area contributed by atoms with Crippen LogP contribution in [0.2, 0.25) is 19.1 Å². The van der Waals surface area contributed by atoms with Crippen molar-refractivity contribution in [2.24, 2.45) is 0 Å². The maximum atomic E-state index is 12.1. The lowest BCUT2D eigenvalue weighted by Crippen LogP contribution is -2.53. The molecule has 1 atom stereocenters. The van der Waals surface area contributed by atoms with Crippen LogP contribution in [0.3, 0.4) is 0 Å². The first kappa shape index (κ1) is 21.5. The van der Waals surface area contributed by atoms with E-state index in [1.54, 1.807) is 25.1 Å². The van der Waals surface area contributed by atoms with Gasteiger partial charge in [-0.05, 0) is 25.5 Å². The van der Waals surface area contributed by atoms with Gasteiger partial charge in [-0.1, -0.05) is 31.6 Å². The Morgan fingerprint density at radius 1 is 1.30 bits per heavy atom. The number of esters is 1. The van der Waals surface area contributed by atoms with Crippen molar-refractivity contribution in [2.75, 3.05) is 26.3 Å². The van der Waals surface area contributed by atoms with Crippen molar-refractivity contribution in [2.45, 2.75) is 51.4 Å². The van der Waals surface area contributed by atoms with E-state index in [9.17, 15) is 14.9 Å². The Kier molecular flexibility index (Phi) is 7.94. The molecule has 1 unspecified atom stereocenters. The van der Waals surface area contributed by atoms with Gasteiger partial charge in [-0.25, -0.2) is 0 Å². The van der Waals surface area contributed by atoms with Gasteiger partial charge in [0, 0.05) is 25.6 Å². The van der Waals surface area contributed by atoms with Gasteiger partial charge in [-0.2, -0.15) is 0 Å². The molecule has 1 fully saturated rings. The fraction of sp³-hybridized carbons (Fsp3) is 0.632. The number of benzene rings is 1. The van der Waals surface area contributed by atoms with Gasteiger partial charge in [0.25, 0.3) is 5.69 Å². The molecule has 0 aromatic heterocycles. The van der Waals surface area contributed by atoms with Crippen LogP contribution < -0.4 is 0 Å². The number of carbonyl (C=O) groups is 1. The summed E-state index contributed by atoms with van der Waals surface area (Å²) in [7, 11) is -1.45. The number of para-hydroxylation sites is 1. The van der Waals surface area contributed by atoms with Crippen molar-refractivity contribution in [3.05, 3.63) is 39.9 Å². The first-order valence-corrected chi connectivity index (χ1v) is 12.7. The molecule has 150 valence electrons. The van der Waals surface area contributed by atoms with Crippen LogP contribution in [0, 0.1) is 10.1 Å². The Labute approximate surface area is 161 Å². The number of nitro benzene ring substituents is 1. The van der Waals surface area contributed by atoms with Crippen LogP contribution in [0.1, 0.15) is 37.9 Å². The fourth-order valence-corrected chi connectivity index (χ4v) is 6.30. The third-order valence-electron chi connectivity index (χ3n) is 5.17. The van der Waals surface area contributed by atoms with E-state index in [-0.39, 0.29) is 11.7 Å². The molecule has 1 heterocycles. The van der Waals surface area contributed by atoms with Crippen molar-refractivity contribution in [3.8, 4) is 0 Å². The van der Waals surface area contributed by atoms with E-state index in [1.165, 1.54) is 6.07 Å². The summed E-state index contributed by atoms with van der Waals surface area (Å²) < 4.78 is 13.4. The van der Waals surface area contributed by atoms with Crippen LogP contribution in [0.25, 0.3) is 0 Å². The summed E-state index contributed by atoms with van der Waals surface area (Å²) in [6.45, 7) is 10.1. The van der Waals surface area contributed by atoms with E-state index >= 15 is 0 Å². The SMILES string of the molecule is CC(OC(=O)CCCC[Si](C)(C)N1CCOCC1)c1ccccc1[N+](=O)[O-]. The standard InChI is InChI=1S/C19H30N2O5Si/c1-16(17-8-4-5-9-18(17)21(23)24)26-19(22)10-6-7-15-27(2,3)20-11-13-25-14-12-20/h4-5,8-9,16H,6-7,10-15H2,1-3H3. The van der Waals surface area contributed by atoms with Crippen molar-refractivity contribution in [1.29, 1.82) is 0 Å². The van der Waals surface area contributed by atoms with E-state index < -0.39 is 19.3 Å². The van der Waals surface area contributed by atoms with E-state index in [1.807, 2.05) is 0 Å². The minimum absolute atomic E-state index is 0.0175. The average molecular weight is 395 g/mol. The summed E-state index contributed by atoms with van der Waals surface area (Å²) in [5, 5.41) is 11.1. The van der Waals surface area contributed by atoms with Crippen LogP contribution in [-0.4, -0.2) is 50.0 Å². The van der Waals surface area contributed by atoms with Crippen molar-refractivity contribution in [3.63, 3.8) is 0 Å². The molecule has 0 bridgehead atoms. The maximum Gasteiger partial charge on any atom is 0.306 e. The van der Waals surface area contributed by atoms with Gasteiger partial charge in [-0.15, -0.1) is 0 Å². The van der Waals surface area contributed by atoms with Gasteiger partial charge in [0.05, 0.1) is 23.7 Å². The number of carbonyl (C=O) groups excluding carboxylic acids is 1. The molecule has 0 amide bonds. The zero-order valence-electron chi connectivity index (χ0n) is 16.5. The monoisotopic (exact) mass is 394 g/mol. The summed E-state index contributed by atoms with van der Waals surface area (Å²) in [4.78, 5) is 22.8. The minimum atomic E-state index is -1.45. The molecule has 2 rings (SSSR count). The summed E-state index contributed by atoms with van der Waals surface area (Å²) in [6, 6.07) is 7.52. The van der Waals surface area contributed by atoms with Crippen LogP contribution >= 0.6 is 0 Å². The molecule has 0 N–H and O–H groups in total. The van der Waals surface area contributed by atoms with Crippen molar-refractivity contribution < 1.29 is 19.2 Å². The number of ether oxygens (including phenoxy) is 2. The Hall–Kier alpha value is -1.77. The largest absolute Gasteiger partial charge is 0.458 e. The zero-order valence-corrected chi connectivity index (χ0v) is 17.5. The molecule has 1 aliphatic rings. The number of morpholine rings is 1. The van der Waals surface area contributed by atoms with Crippen LogP contribution in [0.4, 0.5) is 5.69 Å². The van der Waals surface area contributed by atoms with E-state index in [0.717, 1.165) is 45.2 Å². The summed E-state index contributed by atoms with van der Waals surface area (Å²) in [5.41, 5.74) is 0.410. The Balaban J connectivity index is 1.75. The van der Waals surface area contributed by atoms with Crippen molar-refractivity contribution in [1.82, 2.24) is 4.57 Å². The van der Waals surface area contributed by atoms with Gasteiger partial charge in [0.2, 0.25) is 0 Å². The number of hydrogen-bond acceptors (Lipinski definition) is 6. The lowest BCUT2D eigenvalue weighted by molar-refractivity contribution is -0.386. The smallest absolute Gasteiger partial charge is 0.306 e. The highest BCUT2D eigenvalue weighted by Crippen LogP contribution is 2.27. The molecule has 27 heavy (non-hydrogen) atoms. The molecule has 0 radical (unpaired) electrons. The molecule has 0 saturated carbocycles. The number of hydrogen-bond donors (Lipinski definition) is 0. The zero-order chi connectivity index (χ0) is 19.9. The van der Waals surface area contributed by atoms with Gasteiger partial charge >= 0.3 is 5.97 Å². The number of nitrogens with zero attached hydrogens (tertiary/aromatic N) is 2. The lowest BCUT2D eigenvalue weighted by atomic mass is 10.1. The predicted octanol–water partition coefficient (Wildman–Crippen LogP) is 3.91. The highest BCUT2D eigenvalue weighted by molar-refractivity contribution is 6.74. The molecule has 1 aromatic rings. The molecular weight excluding hydrogens is 364 g/mol. The molecule has 0 aliphatic carbocycles. The molecule has 1 saturated heterocycles. The van der Waals surface area contributed by atoms with Crippen LogP contribution in [-0.2, 0) is 14.3 Å². The highest BCUT2D eigenvalue weighted by atomic mass is 28.3. The molecular formula is C19H30N2O5Si. The quantitative estimate of drug-likeness (QED) is 0.208. The van der Waals surface area contributed by atoms with Crippen molar-refractivity contribution >= 4 is 19.9 Å². The number of rotatable bonds is 9. The Morgan fingerprint density at radius 2 is 1.96 bits per heavy atom. The molecule has 1 aromatic carbocycles. The molecule has 1 aliphatic heterocycles. The van der Waals surface area contributed by atoms with Crippen LogP contribution in [0.5, 0.6) is 0 Å². The molecule has 0 spiro atoms. The minimum Gasteiger partial charge on any atom is -0.458 e. The maximum absolute atomic E-state index is 12.1. The number of nitro groups is 1. The van der Waals surface area contributed by atoms with Gasteiger partial charge in [-0.3, -0.25) is 14.9 Å². The van der Waals surface area contributed by atoms with E-state index in [2.05, 4.69) is 17.7 Å². The second kappa shape index (κ2) is 9.96. The average Bonchev–Trinajstić information content (AvgIpc) is 2.66. The fourth-order valence-electron chi connectivity index (χ4n) is 3.47. The van der Waals surface area contributed by atoms with Gasteiger partial charge in [0.1, 0.15) is 14.3 Å². The highest BCUT2D eigenvalue weighted by Gasteiger charge is 2.30. The number of unbranched alkanes of at least 4 members (excludes halogenated alkanes) is 1. The summed E-state index contributed by atoms with van der Waals surface area (Å²) >= 11 is 0. The molecule has 7 nitrogen and oxygen atoms in total. The third-order valence-corrected chi connectivity index (χ3v) is 8.90. The first-order valence-electron chi connectivity index (χ1n) is 9.57. The van der Waals surface area contributed by atoms with E-state index in [0.29, 0.717) is 12.0 Å².